The maximum Gasteiger partial charge on any atom is 0.409 e. The summed E-state index contributed by atoms with van der Waals surface area (Å²) < 4.78 is 0. The first-order valence-electron chi connectivity index (χ1n) is 11.4. The normalized spacial score (nSPS) is 15.0. The monoisotopic (exact) mass is 485 g/mol. The van der Waals surface area contributed by atoms with Crippen molar-refractivity contribution in [2.75, 3.05) is 22.1 Å². The van der Waals surface area contributed by atoms with E-state index in [4.69, 9.17) is 5.11 Å². The van der Waals surface area contributed by atoms with Crippen LogP contribution in [0.3, 0.4) is 0 Å². The van der Waals surface area contributed by atoms with Gasteiger partial charge in [-0.25, -0.2) is 4.79 Å². The molecule has 0 radical (unpaired) electrons. The number of nitrogens with zero attached hydrogens (tertiary/aromatic N) is 2. The van der Waals surface area contributed by atoms with Gasteiger partial charge in [-0.2, -0.15) is 0 Å². The van der Waals surface area contributed by atoms with Crippen molar-refractivity contribution in [1.82, 2.24) is 4.98 Å². The van der Waals surface area contributed by atoms with Crippen LogP contribution in [-0.4, -0.2) is 39.6 Å². The maximum atomic E-state index is 13.7. The molecule has 182 valence electrons. The Morgan fingerprint density at radius 1 is 1.11 bits per heavy atom. The largest absolute Gasteiger partial charge is 0.465 e. The van der Waals surface area contributed by atoms with Gasteiger partial charge in [-0.05, 0) is 72.8 Å². The van der Waals surface area contributed by atoms with E-state index in [0.29, 0.717) is 41.2 Å². The van der Waals surface area contributed by atoms with Gasteiger partial charge in [0.25, 0.3) is 11.6 Å². The Labute approximate surface area is 205 Å². The highest BCUT2D eigenvalue weighted by Crippen LogP contribution is 2.36. The minimum atomic E-state index is -1.22. The van der Waals surface area contributed by atoms with Crippen molar-refractivity contribution in [2.24, 2.45) is 0 Å². The topological polar surface area (TPSA) is 141 Å². The van der Waals surface area contributed by atoms with E-state index in [2.05, 4.69) is 15.6 Å². The van der Waals surface area contributed by atoms with Crippen molar-refractivity contribution in [2.45, 2.75) is 19.4 Å². The van der Waals surface area contributed by atoms with Crippen LogP contribution in [0.4, 0.5) is 27.5 Å². The van der Waals surface area contributed by atoms with Crippen molar-refractivity contribution >= 4 is 45.7 Å². The predicted octanol–water partition coefficient (Wildman–Crippen LogP) is 5.68. The lowest BCUT2D eigenvalue weighted by Crippen LogP contribution is -2.32. The number of aromatic nitrogens is 1. The average molecular weight is 486 g/mol. The number of hydrogen-bond donors (Lipinski definition) is 4. The molecule has 0 aliphatic carbocycles. The van der Waals surface area contributed by atoms with E-state index in [0.717, 1.165) is 10.9 Å². The average Bonchev–Trinajstić information content (AvgIpc) is 3.26. The minimum absolute atomic E-state index is 0.0693. The molecule has 0 spiro atoms. The molecule has 4 N–H and O–H groups in total. The molecular formula is C26H23N5O5. The number of anilines is 3. The lowest BCUT2D eigenvalue weighted by atomic mass is 9.99. The number of carbonyl (C=O) groups is 2. The molecular weight excluding hydrogens is 462 g/mol. The molecule has 4 aromatic rings. The number of aromatic amines is 1. The number of H-pyrrole nitrogens is 1. The molecule has 10 heteroatoms. The first kappa shape index (κ1) is 22.9. The van der Waals surface area contributed by atoms with E-state index >= 15 is 0 Å². The van der Waals surface area contributed by atoms with Gasteiger partial charge >= 0.3 is 6.09 Å². The summed E-state index contributed by atoms with van der Waals surface area (Å²) >= 11 is 0. The zero-order chi connectivity index (χ0) is 25.4. The summed E-state index contributed by atoms with van der Waals surface area (Å²) in [4.78, 5) is 40.9. The molecule has 1 aliphatic rings. The van der Waals surface area contributed by atoms with Crippen LogP contribution in [0.5, 0.6) is 0 Å². The smallest absolute Gasteiger partial charge is 0.409 e. The second kappa shape index (κ2) is 9.06. The summed E-state index contributed by atoms with van der Waals surface area (Å²) in [6.45, 7) is 2.35. The number of carboxylic acid groups (broad SMARTS) is 1. The summed E-state index contributed by atoms with van der Waals surface area (Å²) in [5.41, 5.74) is 3.51. The summed E-state index contributed by atoms with van der Waals surface area (Å²) in [6, 6.07) is 16.9. The third-order valence-electron chi connectivity index (χ3n) is 6.28. The van der Waals surface area contributed by atoms with Gasteiger partial charge in [0, 0.05) is 41.6 Å². The van der Waals surface area contributed by atoms with Crippen LogP contribution in [-0.2, 0) is 0 Å². The molecule has 2 amide bonds. The second-order valence-corrected chi connectivity index (χ2v) is 8.72. The molecule has 0 saturated heterocycles. The molecule has 1 aliphatic heterocycles. The van der Waals surface area contributed by atoms with Gasteiger partial charge in [-0.1, -0.05) is 6.07 Å². The van der Waals surface area contributed by atoms with E-state index in [9.17, 15) is 19.7 Å². The van der Waals surface area contributed by atoms with Crippen molar-refractivity contribution in [3.05, 3.63) is 82.5 Å². The van der Waals surface area contributed by atoms with Crippen molar-refractivity contribution in [3.8, 4) is 11.1 Å². The van der Waals surface area contributed by atoms with Crippen LogP contribution in [0.25, 0.3) is 22.0 Å². The van der Waals surface area contributed by atoms with Crippen molar-refractivity contribution in [1.29, 1.82) is 0 Å². The Morgan fingerprint density at radius 3 is 2.72 bits per heavy atom. The van der Waals surface area contributed by atoms with Gasteiger partial charge in [0.15, 0.2) is 0 Å². The molecule has 2 heterocycles. The predicted molar refractivity (Wildman–Crippen MR) is 138 cm³/mol. The van der Waals surface area contributed by atoms with E-state index in [1.807, 2.05) is 25.1 Å². The quantitative estimate of drug-likeness (QED) is 0.216. The zero-order valence-electron chi connectivity index (χ0n) is 19.3. The molecule has 1 aromatic heterocycles. The summed E-state index contributed by atoms with van der Waals surface area (Å²) in [5, 5.41) is 27.7. The summed E-state index contributed by atoms with van der Waals surface area (Å²) in [7, 11) is 0. The maximum absolute atomic E-state index is 13.7. The van der Waals surface area contributed by atoms with E-state index in [1.54, 1.807) is 42.6 Å². The van der Waals surface area contributed by atoms with Crippen LogP contribution in [0.2, 0.25) is 0 Å². The first-order valence-corrected chi connectivity index (χ1v) is 11.4. The highest BCUT2D eigenvalue weighted by Gasteiger charge is 2.27. The fourth-order valence-electron chi connectivity index (χ4n) is 4.51. The zero-order valence-corrected chi connectivity index (χ0v) is 19.3. The van der Waals surface area contributed by atoms with Crippen LogP contribution in [0, 0.1) is 10.1 Å². The number of amides is 2. The van der Waals surface area contributed by atoms with E-state index < -0.39 is 16.9 Å². The van der Waals surface area contributed by atoms with Gasteiger partial charge in [0.05, 0.1) is 21.9 Å². The SMILES string of the molecule is CC1CCN(C(=O)c2ccc(-c3ccc4[nH]ccc4c3)c([N+](=O)[O-])c2)c2cc(NC(=O)O)ccc2N1. The molecule has 5 rings (SSSR count). The highest BCUT2D eigenvalue weighted by atomic mass is 16.6. The Morgan fingerprint density at radius 2 is 1.94 bits per heavy atom. The summed E-state index contributed by atoms with van der Waals surface area (Å²) in [6.07, 6.45) is 1.22. The molecule has 1 atom stereocenters. The molecule has 3 aromatic carbocycles. The van der Waals surface area contributed by atoms with Gasteiger partial charge in [-0.3, -0.25) is 20.2 Å². The fraction of sp³-hybridized carbons (Fsp3) is 0.154. The lowest BCUT2D eigenvalue weighted by Gasteiger charge is -2.23. The van der Waals surface area contributed by atoms with Crippen LogP contribution in [0.15, 0.2) is 66.9 Å². The number of rotatable bonds is 4. The lowest BCUT2D eigenvalue weighted by molar-refractivity contribution is -0.384. The third-order valence-corrected chi connectivity index (χ3v) is 6.28. The number of nitro groups is 1. The molecule has 36 heavy (non-hydrogen) atoms. The van der Waals surface area contributed by atoms with Crippen LogP contribution >= 0.6 is 0 Å². The Hall–Kier alpha value is -4.86. The highest BCUT2D eigenvalue weighted by molar-refractivity contribution is 6.09. The van der Waals surface area contributed by atoms with Crippen LogP contribution in [0.1, 0.15) is 23.7 Å². The van der Waals surface area contributed by atoms with E-state index in [1.165, 1.54) is 11.0 Å². The Balaban J connectivity index is 1.55. The van der Waals surface area contributed by atoms with Crippen molar-refractivity contribution < 1.29 is 19.6 Å². The Bertz CT molecular complexity index is 1510. The van der Waals surface area contributed by atoms with Gasteiger partial charge in [0.1, 0.15) is 0 Å². The fourth-order valence-corrected chi connectivity index (χ4v) is 4.51. The number of nitrogens with one attached hydrogen (secondary N) is 3. The molecule has 10 nitrogen and oxygen atoms in total. The first-order chi connectivity index (χ1) is 17.3. The number of nitro benzene ring substituents is 1. The van der Waals surface area contributed by atoms with Crippen LogP contribution < -0.4 is 15.5 Å². The summed E-state index contributed by atoms with van der Waals surface area (Å²) in [5.74, 6) is -0.407. The second-order valence-electron chi connectivity index (χ2n) is 8.72. The molecule has 0 fully saturated rings. The van der Waals surface area contributed by atoms with Crippen molar-refractivity contribution in [3.63, 3.8) is 0 Å². The van der Waals surface area contributed by atoms with E-state index in [-0.39, 0.29) is 17.3 Å². The van der Waals surface area contributed by atoms with Gasteiger partial charge in [0.2, 0.25) is 0 Å². The number of carbonyl (C=O) groups excluding carboxylic acids is 1. The Kier molecular flexibility index (Phi) is 5.77. The molecule has 0 saturated carbocycles. The number of fused-ring (bicyclic) bond motifs is 2. The van der Waals surface area contributed by atoms with Gasteiger partial charge in [-0.15, -0.1) is 0 Å². The molecule has 1 unspecified atom stereocenters. The number of benzene rings is 3. The van der Waals surface area contributed by atoms with Gasteiger partial charge < -0.3 is 20.3 Å². The molecule has 0 bridgehead atoms. The number of hydrogen-bond acceptors (Lipinski definition) is 5. The third kappa shape index (κ3) is 4.31. The minimum Gasteiger partial charge on any atom is -0.465 e. The standard InChI is InChI=1S/C26H23N5O5/c1-15-9-11-30(24-14-19(29-26(33)34)4-7-22(24)28-15)25(32)18-2-5-20(23(13-18)31(35)36)16-3-6-21-17(12-16)8-10-27-21/h2-8,10,12-15,27-29H,9,11H2,1H3,(H,33,34).